The van der Waals surface area contributed by atoms with E-state index >= 15 is 0 Å². The first-order valence-corrected chi connectivity index (χ1v) is 5.24. The van der Waals surface area contributed by atoms with Gasteiger partial charge in [0.15, 0.2) is 6.29 Å². The molecule has 86 valence electrons. The Balaban J connectivity index is 2.65. The molecular weight excluding hydrogens is 243 g/mol. The first-order valence-electron chi connectivity index (χ1n) is 4.86. The predicted octanol–water partition coefficient (Wildman–Crippen LogP) is 3.66. The third-order valence-corrected chi connectivity index (χ3v) is 2.72. The van der Waals surface area contributed by atoms with Crippen LogP contribution in [0.2, 0.25) is 5.02 Å². The van der Waals surface area contributed by atoms with Crippen LogP contribution in [0.3, 0.4) is 0 Å². The fraction of sp³-hybridized carbons (Fsp3) is 0. The van der Waals surface area contributed by atoms with Crippen LogP contribution in [0.1, 0.15) is 10.4 Å². The molecule has 0 saturated heterocycles. The molecule has 0 saturated carbocycles. The number of aromatic hydroxyl groups is 1. The maximum absolute atomic E-state index is 13.6. The van der Waals surface area contributed by atoms with E-state index in [4.69, 9.17) is 11.6 Å². The second kappa shape index (κ2) is 4.55. The number of phenols is 1. The smallest absolute Gasteiger partial charge is 0.153 e. The van der Waals surface area contributed by atoms with Crippen LogP contribution in [0.4, 0.5) is 4.39 Å². The lowest BCUT2D eigenvalue weighted by atomic mass is 10.0. The Morgan fingerprint density at radius 3 is 2.65 bits per heavy atom. The number of hydrogen-bond acceptors (Lipinski definition) is 2. The van der Waals surface area contributed by atoms with E-state index in [2.05, 4.69) is 0 Å². The average Bonchev–Trinajstić information content (AvgIpc) is 2.31. The standard InChI is InChI=1S/C13H8ClFO2/c14-10-2-1-3-11(15)13(10)8-4-5-12(17)9(6-8)7-16/h1-7,17H. The highest BCUT2D eigenvalue weighted by molar-refractivity contribution is 6.33. The van der Waals surface area contributed by atoms with Crippen molar-refractivity contribution in [2.24, 2.45) is 0 Å². The average molecular weight is 251 g/mol. The van der Waals surface area contributed by atoms with Crippen LogP contribution in [-0.2, 0) is 0 Å². The van der Waals surface area contributed by atoms with E-state index in [9.17, 15) is 14.3 Å². The zero-order chi connectivity index (χ0) is 12.4. The minimum absolute atomic E-state index is 0.0989. The first kappa shape index (κ1) is 11.6. The molecule has 2 nitrogen and oxygen atoms in total. The third kappa shape index (κ3) is 2.15. The van der Waals surface area contributed by atoms with Gasteiger partial charge in [0.2, 0.25) is 0 Å². The van der Waals surface area contributed by atoms with Crippen molar-refractivity contribution in [1.82, 2.24) is 0 Å². The predicted molar refractivity (Wildman–Crippen MR) is 63.9 cm³/mol. The molecule has 0 fully saturated rings. The number of phenolic OH excluding ortho intramolecular Hbond substituents is 1. The molecule has 2 rings (SSSR count). The number of carbonyl (C=O) groups is 1. The molecule has 0 aliphatic rings. The van der Waals surface area contributed by atoms with Crippen molar-refractivity contribution in [3.05, 3.63) is 52.8 Å². The van der Waals surface area contributed by atoms with Crippen molar-refractivity contribution in [2.45, 2.75) is 0 Å². The minimum Gasteiger partial charge on any atom is -0.507 e. The van der Waals surface area contributed by atoms with Crippen molar-refractivity contribution in [1.29, 1.82) is 0 Å². The summed E-state index contributed by atoms with van der Waals surface area (Å²) in [5.74, 6) is -0.615. The lowest BCUT2D eigenvalue weighted by Gasteiger charge is -2.07. The summed E-state index contributed by atoms with van der Waals surface area (Å²) in [5, 5.41) is 9.62. The van der Waals surface area contributed by atoms with Crippen molar-refractivity contribution < 1.29 is 14.3 Å². The summed E-state index contributed by atoms with van der Waals surface area (Å²) in [5.41, 5.74) is 0.770. The Labute approximate surface area is 102 Å². The van der Waals surface area contributed by atoms with E-state index in [1.54, 1.807) is 6.07 Å². The topological polar surface area (TPSA) is 37.3 Å². The third-order valence-electron chi connectivity index (χ3n) is 2.41. The van der Waals surface area contributed by atoms with Gasteiger partial charge < -0.3 is 5.11 Å². The summed E-state index contributed by atoms with van der Waals surface area (Å²) in [6, 6.07) is 8.59. The van der Waals surface area contributed by atoms with E-state index in [-0.39, 0.29) is 21.9 Å². The molecule has 0 atom stereocenters. The van der Waals surface area contributed by atoms with Gasteiger partial charge in [-0.25, -0.2) is 4.39 Å². The summed E-state index contributed by atoms with van der Waals surface area (Å²) < 4.78 is 13.6. The van der Waals surface area contributed by atoms with Gasteiger partial charge in [-0.05, 0) is 29.8 Å². The molecule has 0 unspecified atom stereocenters. The highest BCUT2D eigenvalue weighted by Gasteiger charge is 2.11. The highest BCUT2D eigenvalue weighted by atomic mass is 35.5. The Hall–Kier alpha value is -1.87. The maximum atomic E-state index is 13.6. The molecule has 2 aromatic carbocycles. The summed E-state index contributed by atoms with van der Waals surface area (Å²) >= 11 is 5.91. The van der Waals surface area contributed by atoms with Gasteiger partial charge >= 0.3 is 0 Å². The normalized spacial score (nSPS) is 10.2. The number of hydrogen-bond donors (Lipinski definition) is 1. The lowest BCUT2D eigenvalue weighted by Crippen LogP contribution is -1.88. The van der Waals surface area contributed by atoms with Crippen LogP contribution in [-0.4, -0.2) is 11.4 Å². The fourth-order valence-electron chi connectivity index (χ4n) is 1.58. The molecule has 0 bridgehead atoms. The second-order valence-corrected chi connectivity index (χ2v) is 3.90. The number of aldehydes is 1. The quantitative estimate of drug-likeness (QED) is 0.826. The zero-order valence-corrected chi connectivity index (χ0v) is 9.41. The lowest BCUT2D eigenvalue weighted by molar-refractivity contribution is 0.112. The molecular formula is C13H8ClFO2. The van der Waals surface area contributed by atoms with E-state index in [1.165, 1.54) is 30.3 Å². The SMILES string of the molecule is O=Cc1cc(-c2c(F)cccc2Cl)ccc1O. The molecule has 0 radical (unpaired) electrons. The number of halogens is 2. The van der Waals surface area contributed by atoms with Gasteiger partial charge in [-0.1, -0.05) is 23.7 Å². The van der Waals surface area contributed by atoms with Gasteiger partial charge in [0, 0.05) is 5.56 Å². The van der Waals surface area contributed by atoms with Gasteiger partial charge in [0.1, 0.15) is 11.6 Å². The molecule has 0 aliphatic carbocycles. The van der Waals surface area contributed by atoms with Gasteiger partial charge in [0.25, 0.3) is 0 Å². The fourth-order valence-corrected chi connectivity index (χ4v) is 1.85. The van der Waals surface area contributed by atoms with Crippen molar-refractivity contribution in [3.63, 3.8) is 0 Å². The summed E-state index contributed by atoms with van der Waals surface area (Å²) in [6.07, 6.45) is 0.508. The number of carbonyl (C=O) groups excluding carboxylic acids is 1. The van der Waals surface area contributed by atoms with E-state index in [1.807, 2.05) is 0 Å². The van der Waals surface area contributed by atoms with E-state index < -0.39 is 5.82 Å². The second-order valence-electron chi connectivity index (χ2n) is 3.49. The van der Waals surface area contributed by atoms with Crippen molar-refractivity contribution in [3.8, 4) is 16.9 Å². The van der Waals surface area contributed by atoms with Crippen LogP contribution < -0.4 is 0 Å². The van der Waals surface area contributed by atoms with Crippen LogP contribution in [0, 0.1) is 5.82 Å². The van der Waals surface area contributed by atoms with E-state index in [0.29, 0.717) is 11.8 Å². The highest BCUT2D eigenvalue weighted by Crippen LogP contribution is 2.32. The Morgan fingerprint density at radius 2 is 2.00 bits per heavy atom. The summed E-state index contributed by atoms with van der Waals surface area (Å²) in [4.78, 5) is 10.7. The molecule has 4 heteroatoms. The van der Waals surface area contributed by atoms with Crippen molar-refractivity contribution in [2.75, 3.05) is 0 Å². The van der Waals surface area contributed by atoms with Gasteiger partial charge in [-0.15, -0.1) is 0 Å². The molecule has 0 aromatic heterocycles. The minimum atomic E-state index is -0.472. The Bertz CT molecular complexity index is 561. The maximum Gasteiger partial charge on any atom is 0.153 e. The summed E-state index contributed by atoms with van der Waals surface area (Å²) in [6.45, 7) is 0. The summed E-state index contributed by atoms with van der Waals surface area (Å²) in [7, 11) is 0. The van der Waals surface area contributed by atoms with Crippen LogP contribution in [0.5, 0.6) is 5.75 Å². The Kier molecular flexibility index (Phi) is 3.11. The first-order chi connectivity index (χ1) is 8.13. The number of benzene rings is 2. The molecule has 0 amide bonds. The van der Waals surface area contributed by atoms with E-state index in [0.717, 1.165) is 0 Å². The van der Waals surface area contributed by atoms with Crippen molar-refractivity contribution >= 4 is 17.9 Å². The molecule has 0 spiro atoms. The van der Waals surface area contributed by atoms with Gasteiger partial charge in [-0.3, -0.25) is 4.79 Å². The van der Waals surface area contributed by atoms with Crippen LogP contribution in [0.15, 0.2) is 36.4 Å². The zero-order valence-electron chi connectivity index (χ0n) is 8.65. The largest absolute Gasteiger partial charge is 0.507 e. The molecule has 1 N–H and O–H groups in total. The van der Waals surface area contributed by atoms with Gasteiger partial charge in [0.05, 0.1) is 10.6 Å². The van der Waals surface area contributed by atoms with Crippen LogP contribution in [0.25, 0.3) is 11.1 Å². The molecule has 2 aromatic rings. The number of rotatable bonds is 2. The molecule has 0 aliphatic heterocycles. The molecule has 17 heavy (non-hydrogen) atoms. The molecule has 0 heterocycles. The van der Waals surface area contributed by atoms with Gasteiger partial charge in [-0.2, -0.15) is 0 Å². The monoisotopic (exact) mass is 250 g/mol. The van der Waals surface area contributed by atoms with Crippen LogP contribution >= 0.6 is 11.6 Å². The Morgan fingerprint density at radius 1 is 1.24 bits per heavy atom.